The maximum Gasteiger partial charge on any atom is 0.336 e. The molecule has 0 amide bonds. The largest absolute Gasteiger partial charge is 0.582 e. The van der Waals surface area contributed by atoms with Crippen LogP contribution in [0.15, 0.2) is 66.9 Å². The molecule has 0 atom stereocenters. The summed E-state index contributed by atoms with van der Waals surface area (Å²) in [6.07, 6.45) is -2.37. The highest BCUT2D eigenvalue weighted by molar-refractivity contribution is 6.28. The molecule has 1 N–H and O–H groups in total. The highest BCUT2D eigenvalue weighted by Gasteiger charge is 2.19. The van der Waals surface area contributed by atoms with Crippen molar-refractivity contribution in [2.75, 3.05) is 0 Å². The van der Waals surface area contributed by atoms with Gasteiger partial charge in [-0.25, -0.2) is 0 Å². The van der Waals surface area contributed by atoms with Gasteiger partial charge in [-0.3, -0.25) is 4.79 Å². The second kappa shape index (κ2) is 13.1. The van der Waals surface area contributed by atoms with Crippen molar-refractivity contribution in [3.63, 3.8) is 0 Å². The second-order valence-corrected chi connectivity index (χ2v) is 7.84. The lowest BCUT2D eigenvalue weighted by atomic mass is 9.98. The molecule has 0 aliphatic carbocycles. The topological polar surface area (TPSA) is 66.0 Å². The van der Waals surface area contributed by atoms with Gasteiger partial charge in [0.05, 0.1) is 6.61 Å². The van der Waals surface area contributed by atoms with Gasteiger partial charge in [0.15, 0.2) is 5.75 Å². The maximum absolute atomic E-state index is 12.6. The van der Waals surface area contributed by atoms with Crippen LogP contribution in [-0.2, 0) is 24.4 Å². The molecular formula is C25H25ClF3NO4. The van der Waals surface area contributed by atoms with Crippen LogP contribution >= 0.6 is 11.6 Å². The van der Waals surface area contributed by atoms with Crippen molar-refractivity contribution in [1.29, 1.82) is 0 Å². The van der Waals surface area contributed by atoms with E-state index in [2.05, 4.69) is 0 Å². The molecule has 3 rings (SSSR count). The lowest BCUT2D eigenvalue weighted by Crippen LogP contribution is -2.39. The maximum atomic E-state index is 12.6. The fourth-order valence-electron chi connectivity index (χ4n) is 3.08. The van der Waals surface area contributed by atoms with Gasteiger partial charge in [0, 0.05) is 12.5 Å². The number of ketones is 1. The van der Waals surface area contributed by atoms with Crippen molar-refractivity contribution in [3.05, 3.63) is 101 Å². The number of aryl methyl sites for hydroxylation is 2. The average Bonchev–Trinajstić information content (AvgIpc) is 2.77. The molecule has 0 aliphatic heterocycles. The zero-order valence-electron chi connectivity index (χ0n) is 18.7. The first kappa shape index (κ1) is 27.3. The molecular weight excluding hydrogens is 471 g/mol. The molecule has 0 spiro atoms. The van der Waals surface area contributed by atoms with Gasteiger partial charge in [0.2, 0.25) is 18.5 Å². The predicted molar refractivity (Wildman–Crippen MR) is 120 cm³/mol. The van der Waals surface area contributed by atoms with Crippen molar-refractivity contribution < 1.29 is 37.4 Å². The summed E-state index contributed by atoms with van der Waals surface area (Å²) in [7, 11) is 0. The molecule has 182 valence electrons. The van der Waals surface area contributed by atoms with Crippen LogP contribution in [0.4, 0.5) is 13.2 Å². The third-order valence-corrected chi connectivity index (χ3v) is 5.10. The van der Waals surface area contributed by atoms with Crippen LogP contribution in [0.1, 0.15) is 22.3 Å². The van der Waals surface area contributed by atoms with Crippen LogP contribution in [0.25, 0.3) is 0 Å². The third kappa shape index (κ3) is 9.51. The fraction of sp³-hybridized carbons (Fsp3) is 0.240. The smallest absolute Gasteiger partial charge is 0.336 e. The normalized spacial score (nSPS) is 10.9. The molecule has 0 radical (unpaired) electrons. The van der Waals surface area contributed by atoms with E-state index in [-0.39, 0.29) is 12.3 Å². The van der Waals surface area contributed by atoms with Gasteiger partial charge in [0.25, 0.3) is 5.15 Å². The summed E-state index contributed by atoms with van der Waals surface area (Å²) in [5, 5.41) is 9.31. The van der Waals surface area contributed by atoms with Crippen LogP contribution in [0.5, 0.6) is 5.75 Å². The number of carbonyl (C=O) groups is 1. The van der Waals surface area contributed by atoms with Gasteiger partial charge >= 0.3 is 6.18 Å². The van der Waals surface area contributed by atoms with Crippen LogP contribution in [0.2, 0.25) is 5.15 Å². The number of hydrogen-bond donors (Lipinski definition) is 0. The van der Waals surface area contributed by atoms with Gasteiger partial charge in [0.1, 0.15) is 6.61 Å². The SMILES string of the molecule is Cc1cccc(C)c1CC(=O)C[n+]1cc(OCc2ccccc2)ccc1Cl.[O-][OH+][CH-]C(F)(F)F. The minimum absolute atomic E-state index is 0.111. The summed E-state index contributed by atoms with van der Waals surface area (Å²) < 4.78 is 39.7. The Balaban J connectivity index is 0.000000509. The Labute approximate surface area is 201 Å². The first-order valence-electron chi connectivity index (χ1n) is 10.2. The summed E-state index contributed by atoms with van der Waals surface area (Å²) in [6, 6.07) is 19.6. The molecule has 1 aromatic heterocycles. The molecule has 9 heteroatoms. The quantitative estimate of drug-likeness (QED) is 0.113. The van der Waals surface area contributed by atoms with Gasteiger partial charge in [-0.15, -0.1) is 0 Å². The summed E-state index contributed by atoms with van der Waals surface area (Å²) in [6.45, 7) is 4.14. The molecule has 3 aromatic rings. The van der Waals surface area contributed by atoms with Crippen LogP contribution < -0.4 is 14.6 Å². The number of nitrogens with zero attached hydrogens (tertiary/aromatic N) is 1. The van der Waals surface area contributed by atoms with Crippen molar-refractivity contribution in [1.82, 2.24) is 0 Å². The first-order chi connectivity index (χ1) is 16.1. The Morgan fingerprint density at radius 2 is 1.71 bits per heavy atom. The zero-order valence-corrected chi connectivity index (χ0v) is 19.4. The van der Waals surface area contributed by atoms with E-state index in [4.69, 9.17) is 21.6 Å². The third-order valence-electron chi connectivity index (χ3n) is 4.76. The lowest BCUT2D eigenvalue weighted by Gasteiger charge is -2.13. The van der Waals surface area contributed by atoms with Crippen molar-refractivity contribution in [3.8, 4) is 5.75 Å². The highest BCUT2D eigenvalue weighted by Crippen LogP contribution is 2.17. The molecule has 0 fully saturated rings. The monoisotopic (exact) mass is 495 g/mol. The van der Waals surface area contributed by atoms with E-state index in [1.165, 1.54) is 4.89 Å². The number of aromatic nitrogens is 1. The first-order valence-corrected chi connectivity index (χ1v) is 10.6. The number of carbonyl (C=O) groups excluding carboxylic acids is 1. The van der Waals surface area contributed by atoms with Crippen LogP contribution in [0, 0.1) is 20.5 Å². The molecule has 34 heavy (non-hydrogen) atoms. The Bertz CT molecular complexity index is 1060. The van der Waals surface area contributed by atoms with Gasteiger partial charge in [-0.05, 0) is 53.8 Å². The predicted octanol–water partition coefficient (Wildman–Crippen LogP) is 4.71. The van der Waals surface area contributed by atoms with Gasteiger partial charge < -0.3 is 14.9 Å². The Hall–Kier alpha value is -2.94. The highest BCUT2D eigenvalue weighted by atomic mass is 35.5. The van der Waals surface area contributed by atoms with E-state index in [0.29, 0.717) is 23.9 Å². The molecule has 0 saturated heterocycles. The molecule has 5 nitrogen and oxygen atoms in total. The van der Waals surface area contributed by atoms with E-state index in [1.807, 2.05) is 68.4 Å². The summed E-state index contributed by atoms with van der Waals surface area (Å²) in [5.74, 6) is 0.794. The Kier molecular flexibility index (Phi) is 10.5. The van der Waals surface area contributed by atoms with E-state index in [0.717, 1.165) is 22.3 Å². The van der Waals surface area contributed by atoms with Gasteiger partial charge in [-0.2, -0.15) is 17.7 Å². The van der Waals surface area contributed by atoms with Crippen molar-refractivity contribution in [2.45, 2.75) is 39.6 Å². The average molecular weight is 496 g/mol. The van der Waals surface area contributed by atoms with E-state index in [9.17, 15) is 18.0 Å². The number of pyridine rings is 1. The fourth-order valence-corrected chi connectivity index (χ4v) is 3.25. The van der Waals surface area contributed by atoms with Crippen molar-refractivity contribution >= 4 is 17.4 Å². The zero-order chi connectivity index (χ0) is 25.1. The summed E-state index contributed by atoms with van der Waals surface area (Å²) in [4.78, 5) is 14.1. The van der Waals surface area contributed by atoms with Gasteiger partial charge in [-0.1, -0.05) is 48.5 Å². The molecule has 0 aliphatic rings. The molecule has 0 saturated carbocycles. The van der Waals surface area contributed by atoms with E-state index >= 15 is 0 Å². The number of rotatable bonds is 8. The molecule has 1 heterocycles. The summed E-state index contributed by atoms with van der Waals surface area (Å²) >= 11 is 6.28. The Morgan fingerprint density at radius 1 is 1.06 bits per heavy atom. The van der Waals surface area contributed by atoms with Crippen LogP contribution in [0.3, 0.4) is 0 Å². The lowest BCUT2D eigenvalue weighted by molar-refractivity contribution is -0.767. The molecule has 0 unspecified atom stereocenters. The minimum atomic E-state index is -4.55. The van der Waals surface area contributed by atoms with E-state index in [1.54, 1.807) is 16.8 Å². The summed E-state index contributed by atoms with van der Waals surface area (Å²) in [5.41, 5.74) is 4.46. The van der Waals surface area contributed by atoms with Crippen LogP contribution in [-0.4, -0.2) is 16.8 Å². The number of aliphatic hydroxyl groups is 1. The Morgan fingerprint density at radius 3 is 2.26 bits per heavy atom. The van der Waals surface area contributed by atoms with E-state index < -0.39 is 12.8 Å². The number of alkyl halides is 3. The number of benzene rings is 2. The number of ether oxygens (including phenoxy) is 1. The minimum Gasteiger partial charge on any atom is -0.582 e. The standard InChI is InChI=1S/C23H23ClNO2.C2H2F3O2/c1-17-7-6-8-18(2)22(17)13-20(26)14-25-15-21(11-12-23(25)24)27-16-19-9-4-3-5-10-19;3-2(4,5)1-7-6/h3-12,15H,13-14,16H2,1-2H3;1,7H/q+1;-1. The number of Topliss-reactive ketones (excluding diaryl/α,β-unsaturated/α-hetero) is 1. The number of halogens is 4. The second-order valence-electron chi connectivity index (χ2n) is 7.45. The van der Waals surface area contributed by atoms with Crippen molar-refractivity contribution in [2.24, 2.45) is 0 Å². The number of hydrogen-bond acceptors (Lipinski definition) is 3. The molecule has 0 bridgehead atoms. The molecule has 2 aromatic carbocycles.